The third-order valence-corrected chi connectivity index (χ3v) is 3.62. The number of hydrogen-bond acceptors (Lipinski definition) is 5. The van der Waals surface area contributed by atoms with Crippen LogP contribution in [0, 0.1) is 5.82 Å². The zero-order valence-corrected chi connectivity index (χ0v) is 12.5. The highest BCUT2D eigenvalue weighted by molar-refractivity contribution is 7.17. The lowest BCUT2D eigenvalue weighted by molar-refractivity contribution is 0.102. The fourth-order valence-corrected chi connectivity index (χ4v) is 2.54. The summed E-state index contributed by atoms with van der Waals surface area (Å²) < 4.78 is 13.3. The van der Waals surface area contributed by atoms with Crippen molar-refractivity contribution >= 4 is 51.3 Å². The number of carbonyl (C=O) groups is 1. The van der Waals surface area contributed by atoms with Gasteiger partial charge in [0, 0.05) is 12.2 Å². The minimum Gasteiger partial charge on any atom is -0.360 e. The van der Waals surface area contributed by atoms with Crippen LogP contribution in [0.2, 0.25) is 10.0 Å². The van der Waals surface area contributed by atoms with E-state index in [4.69, 9.17) is 23.2 Å². The maximum Gasteiger partial charge on any atom is 0.286 e. The Morgan fingerprint density at radius 1 is 1.35 bits per heavy atom. The molecule has 20 heavy (non-hydrogen) atoms. The SMILES string of the molecule is CCNc1nnc(C(=O)Nc2cc(Cl)c(F)c(Cl)c2)s1. The van der Waals surface area contributed by atoms with Crippen molar-refractivity contribution in [2.75, 3.05) is 17.2 Å². The first kappa shape index (κ1) is 15.0. The average molecular weight is 335 g/mol. The fraction of sp³-hybridized carbons (Fsp3) is 0.182. The van der Waals surface area contributed by atoms with E-state index >= 15 is 0 Å². The summed E-state index contributed by atoms with van der Waals surface area (Å²) in [4.78, 5) is 11.9. The number of halogens is 3. The predicted octanol–water partition coefficient (Wildman–Crippen LogP) is 3.67. The Hall–Kier alpha value is -1.44. The third kappa shape index (κ3) is 3.36. The fourth-order valence-electron chi connectivity index (χ4n) is 1.35. The zero-order valence-electron chi connectivity index (χ0n) is 10.2. The molecule has 0 saturated carbocycles. The van der Waals surface area contributed by atoms with Crippen LogP contribution in [-0.2, 0) is 0 Å². The summed E-state index contributed by atoms with van der Waals surface area (Å²) in [5.41, 5.74) is 0.284. The van der Waals surface area contributed by atoms with Crippen LogP contribution >= 0.6 is 34.5 Å². The van der Waals surface area contributed by atoms with E-state index in [1.54, 1.807) is 0 Å². The van der Waals surface area contributed by atoms with Crippen molar-refractivity contribution in [1.82, 2.24) is 10.2 Å². The molecule has 0 aliphatic heterocycles. The normalized spacial score (nSPS) is 10.4. The molecular weight excluding hydrogens is 326 g/mol. The number of aromatic nitrogens is 2. The molecule has 1 aromatic carbocycles. The van der Waals surface area contributed by atoms with Gasteiger partial charge in [-0.15, -0.1) is 10.2 Å². The Morgan fingerprint density at radius 2 is 2.00 bits per heavy atom. The number of anilines is 2. The first-order chi connectivity index (χ1) is 9.51. The lowest BCUT2D eigenvalue weighted by Gasteiger charge is -2.05. The number of carbonyl (C=O) groups excluding carboxylic acids is 1. The van der Waals surface area contributed by atoms with Crippen LogP contribution in [0.25, 0.3) is 0 Å². The molecule has 1 heterocycles. The van der Waals surface area contributed by atoms with Crippen LogP contribution < -0.4 is 10.6 Å². The molecule has 5 nitrogen and oxygen atoms in total. The van der Waals surface area contributed by atoms with Crippen LogP contribution in [0.4, 0.5) is 15.2 Å². The van der Waals surface area contributed by atoms with Gasteiger partial charge in [0.25, 0.3) is 5.91 Å². The Labute approximate surface area is 128 Å². The van der Waals surface area contributed by atoms with E-state index in [0.29, 0.717) is 11.7 Å². The van der Waals surface area contributed by atoms with Gasteiger partial charge in [-0.05, 0) is 19.1 Å². The van der Waals surface area contributed by atoms with Gasteiger partial charge in [-0.25, -0.2) is 4.39 Å². The minimum absolute atomic E-state index is 0.168. The second kappa shape index (κ2) is 6.34. The van der Waals surface area contributed by atoms with Gasteiger partial charge in [0.1, 0.15) is 0 Å². The molecule has 2 N–H and O–H groups in total. The molecule has 1 aromatic heterocycles. The van der Waals surface area contributed by atoms with E-state index in [1.807, 2.05) is 6.92 Å². The van der Waals surface area contributed by atoms with Gasteiger partial charge >= 0.3 is 0 Å². The molecule has 0 saturated heterocycles. The average Bonchev–Trinajstić information content (AvgIpc) is 2.85. The topological polar surface area (TPSA) is 66.9 Å². The van der Waals surface area contributed by atoms with E-state index < -0.39 is 11.7 Å². The molecule has 0 bridgehead atoms. The van der Waals surface area contributed by atoms with E-state index in [-0.39, 0.29) is 20.7 Å². The number of benzene rings is 1. The van der Waals surface area contributed by atoms with Gasteiger partial charge in [-0.2, -0.15) is 0 Å². The molecule has 0 atom stereocenters. The Balaban J connectivity index is 2.14. The summed E-state index contributed by atoms with van der Waals surface area (Å²) >= 11 is 12.4. The molecule has 0 aliphatic rings. The number of amides is 1. The van der Waals surface area contributed by atoms with Crippen molar-refractivity contribution in [1.29, 1.82) is 0 Å². The van der Waals surface area contributed by atoms with Gasteiger partial charge in [-0.1, -0.05) is 34.5 Å². The van der Waals surface area contributed by atoms with Gasteiger partial charge in [0.15, 0.2) is 5.82 Å². The van der Waals surface area contributed by atoms with Gasteiger partial charge < -0.3 is 10.6 Å². The number of rotatable bonds is 4. The second-order valence-corrected chi connectivity index (χ2v) is 5.44. The van der Waals surface area contributed by atoms with Gasteiger partial charge in [0.2, 0.25) is 10.1 Å². The number of nitrogens with zero attached hydrogens (tertiary/aromatic N) is 2. The smallest absolute Gasteiger partial charge is 0.286 e. The summed E-state index contributed by atoms with van der Waals surface area (Å²) in [6.07, 6.45) is 0. The second-order valence-electron chi connectivity index (χ2n) is 3.65. The number of hydrogen-bond donors (Lipinski definition) is 2. The summed E-state index contributed by atoms with van der Waals surface area (Å²) in [7, 11) is 0. The molecular formula is C11H9Cl2FN4OS. The Morgan fingerprint density at radius 3 is 2.60 bits per heavy atom. The molecule has 2 rings (SSSR count). The molecule has 106 valence electrons. The van der Waals surface area contributed by atoms with Crippen LogP contribution in [0.1, 0.15) is 16.7 Å². The molecule has 0 spiro atoms. The van der Waals surface area contributed by atoms with Crippen LogP contribution in [0.3, 0.4) is 0 Å². The molecule has 0 radical (unpaired) electrons. The minimum atomic E-state index is -0.725. The molecule has 0 aliphatic carbocycles. The van der Waals surface area contributed by atoms with Crippen LogP contribution in [-0.4, -0.2) is 22.6 Å². The standard InChI is InChI=1S/C11H9Cl2FN4OS/c1-2-15-11-18-17-10(20-11)9(19)16-5-3-6(12)8(14)7(13)4-5/h3-4H,2H2,1H3,(H,15,18)(H,16,19). The predicted molar refractivity (Wildman–Crippen MR) is 78.4 cm³/mol. The summed E-state index contributed by atoms with van der Waals surface area (Å²) in [5.74, 6) is -1.19. The first-order valence-corrected chi connectivity index (χ1v) is 7.11. The van der Waals surface area contributed by atoms with Crippen LogP contribution in [0.15, 0.2) is 12.1 Å². The third-order valence-electron chi connectivity index (χ3n) is 2.19. The maximum atomic E-state index is 13.3. The van der Waals surface area contributed by atoms with Crippen molar-refractivity contribution in [2.24, 2.45) is 0 Å². The van der Waals surface area contributed by atoms with Gasteiger partial charge in [0.05, 0.1) is 10.0 Å². The molecule has 2 aromatic rings. The summed E-state index contributed by atoms with van der Waals surface area (Å²) in [6, 6.07) is 2.54. The van der Waals surface area contributed by atoms with Crippen molar-refractivity contribution in [3.05, 3.63) is 33.0 Å². The lowest BCUT2D eigenvalue weighted by Crippen LogP contribution is -2.11. The highest BCUT2D eigenvalue weighted by atomic mass is 35.5. The quantitative estimate of drug-likeness (QED) is 0.837. The highest BCUT2D eigenvalue weighted by Crippen LogP contribution is 2.27. The summed E-state index contributed by atoms with van der Waals surface area (Å²) in [5, 5.41) is 13.4. The molecule has 0 unspecified atom stereocenters. The maximum absolute atomic E-state index is 13.3. The van der Waals surface area contributed by atoms with Crippen molar-refractivity contribution in [3.8, 4) is 0 Å². The van der Waals surface area contributed by atoms with E-state index in [1.165, 1.54) is 12.1 Å². The highest BCUT2D eigenvalue weighted by Gasteiger charge is 2.15. The Bertz CT molecular complexity index is 626. The molecule has 0 fully saturated rings. The van der Waals surface area contributed by atoms with E-state index in [9.17, 15) is 9.18 Å². The first-order valence-electron chi connectivity index (χ1n) is 5.54. The van der Waals surface area contributed by atoms with Gasteiger partial charge in [-0.3, -0.25) is 4.79 Å². The lowest BCUT2D eigenvalue weighted by atomic mass is 10.3. The molecule has 1 amide bonds. The van der Waals surface area contributed by atoms with Crippen molar-refractivity contribution in [3.63, 3.8) is 0 Å². The summed E-state index contributed by atoms with van der Waals surface area (Å²) in [6.45, 7) is 2.59. The zero-order chi connectivity index (χ0) is 14.7. The monoisotopic (exact) mass is 334 g/mol. The van der Waals surface area contributed by atoms with E-state index in [2.05, 4.69) is 20.8 Å². The van der Waals surface area contributed by atoms with E-state index in [0.717, 1.165) is 11.3 Å². The largest absolute Gasteiger partial charge is 0.360 e. The Kier molecular flexibility index (Phi) is 4.74. The van der Waals surface area contributed by atoms with Crippen LogP contribution in [0.5, 0.6) is 0 Å². The van der Waals surface area contributed by atoms with Crippen molar-refractivity contribution in [2.45, 2.75) is 6.92 Å². The molecule has 9 heteroatoms. The van der Waals surface area contributed by atoms with Crippen molar-refractivity contribution < 1.29 is 9.18 Å². The number of nitrogens with one attached hydrogen (secondary N) is 2.